The van der Waals surface area contributed by atoms with Crippen molar-refractivity contribution >= 4 is 7.82 Å². The predicted molar refractivity (Wildman–Crippen MR) is 39.3 cm³/mol. The molecule has 0 saturated heterocycles. The maximum absolute atomic E-state index is 10.6. The molecule has 0 heterocycles. The third kappa shape index (κ3) is 6.47. The van der Waals surface area contributed by atoms with E-state index >= 15 is 0 Å². The Labute approximate surface area is 65.9 Å². The van der Waals surface area contributed by atoms with Gasteiger partial charge in [-0.15, -0.1) is 0 Å². The van der Waals surface area contributed by atoms with Crippen LogP contribution in [-0.2, 0) is 18.3 Å². The first-order chi connectivity index (χ1) is 5.12. The van der Waals surface area contributed by atoms with Crippen molar-refractivity contribution < 1.29 is 23.2 Å². The molecule has 11 heavy (non-hydrogen) atoms. The van der Waals surface area contributed by atoms with Crippen molar-refractivity contribution in [3.8, 4) is 0 Å². The molecule has 0 spiro atoms. The normalized spacial score (nSPS) is 16.3. The van der Waals surface area contributed by atoms with Crippen molar-refractivity contribution in [1.82, 2.24) is 0 Å². The molecule has 0 saturated carbocycles. The van der Waals surface area contributed by atoms with Gasteiger partial charge in [0, 0.05) is 20.8 Å². The highest BCUT2D eigenvalue weighted by Crippen LogP contribution is 2.41. The molecule has 0 aliphatic rings. The first-order valence-corrected chi connectivity index (χ1v) is 4.64. The van der Waals surface area contributed by atoms with E-state index in [-0.39, 0.29) is 6.61 Å². The van der Waals surface area contributed by atoms with Crippen LogP contribution in [-0.4, -0.2) is 32.3 Å². The minimum Gasteiger partial charge on any atom is -0.385 e. The highest BCUT2D eigenvalue weighted by molar-refractivity contribution is 7.47. The molecule has 0 rings (SSSR count). The highest BCUT2D eigenvalue weighted by atomic mass is 31.2. The first kappa shape index (κ1) is 11.1. The monoisotopic (exact) mass is 184 g/mol. The van der Waals surface area contributed by atoms with Gasteiger partial charge in [-0.05, 0) is 6.42 Å². The summed E-state index contributed by atoms with van der Waals surface area (Å²) in [6.07, 6.45) is 0.574. The fourth-order valence-corrected chi connectivity index (χ4v) is 0.901. The van der Waals surface area contributed by atoms with Crippen LogP contribution < -0.4 is 0 Å². The number of phosphoric ester groups is 1. The van der Waals surface area contributed by atoms with Crippen LogP contribution in [0.2, 0.25) is 0 Å². The molecule has 0 aliphatic carbocycles. The second-order valence-electron chi connectivity index (χ2n) is 1.83. The van der Waals surface area contributed by atoms with Gasteiger partial charge in [0.1, 0.15) is 0 Å². The average molecular weight is 184 g/mol. The Hall–Kier alpha value is 0.0700. The molecule has 0 aromatic rings. The number of rotatable bonds is 6. The van der Waals surface area contributed by atoms with Crippen LogP contribution in [0.4, 0.5) is 0 Å². The van der Waals surface area contributed by atoms with Gasteiger partial charge in [-0.25, -0.2) is 4.57 Å². The van der Waals surface area contributed by atoms with Crippen LogP contribution in [0.25, 0.3) is 0 Å². The highest BCUT2D eigenvalue weighted by Gasteiger charge is 2.16. The van der Waals surface area contributed by atoms with E-state index in [1.54, 1.807) is 7.11 Å². The van der Waals surface area contributed by atoms with E-state index in [0.29, 0.717) is 13.0 Å². The largest absolute Gasteiger partial charge is 0.471 e. The number of methoxy groups -OCH3 is 1. The molecule has 1 unspecified atom stereocenters. The Kier molecular flexibility index (Phi) is 5.72. The van der Waals surface area contributed by atoms with Crippen LogP contribution in [0, 0.1) is 0 Å². The van der Waals surface area contributed by atoms with Crippen molar-refractivity contribution in [2.75, 3.05) is 27.4 Å². The van der Waals surface area contributed by atoms with E-state index < -0.39 is 7.82 Å². The van der Waals surface area contributed by atoms with Crippen molar-refractivity contribution in [2.45, 2.75) is 6.42 Å². The van der Waals surface area contributed by atoms with E-state index in [1.165, 1.54) is 0 Å². The van der Waals surface area contributed by atoms with Crippen LogP contribution in [0.15, 0.2) is 0 Å². The van der Waals surface area contributed by atoms with E-state index in [4.69, 9.17) is 9.63 Å². The fraction of sp³-hybridized carbons (Fsp3) is 1.00. The van der Waals surface area contributed by atoms with E-state index in [0.717, 1.165) is 7.11 Å². The first-order valence-electron chi connectivity index (χ1n) is 3.14. The van der Waals surface area contributed by atoms with Gasteiger partial charge in [0.25, 0.3) is 0 Å². The maximum atomic E-state index is 10.6. The molecular formula is C5H13O5P. The predicted octanol–water partition coefficient (Wildman–Crippen LogP) is 0.786. The molecule has 5 nitrogen and oxygen atoms in total. The van der Waals surface area contributed by atoms with Gasteiger partial charge in [0.2, 0.25) is 0 Å². The van der Waals surface area contributed by atoms with Gasteiger partial charge in [0.15, 0.2) is 0 Å². The lowest BCUT2D eigenvalue weighted by molar-refractivity contribution is 0.140. The zero-order valence-electron chi connectivity index (χ0n) is 6.65. The third-order valence-electron chi connectivity index (χ3n) is 0.978. The summed E-state index contributed by atoms with van der Waals surface area (Å²) in [6.45, 7) is 0.666. The fourth-order valence-electron chi connectivity index (χ4n) is 0.436. The zero-order valence-corrected chi connectivity index (χ0v) is 7.54. The number of phosphoric acid groups is 1. The molecule has 1 atom stereocenters. The minimum absolute atomic E-state index is 0.162. The van der Waals surface area contributed by atoms with Crippen molar-refractivity contribution in [1.29, 1.82) is 0 Å². The zero-order chi connectivity index (χ0) is 8.74. The van der Waals surface area contributed by atoms with Crippen LogP contribution in [0.1, 0.15) is 6.42 Å². The molecule has 0 amide bonds. The Morgan fingerprint density at radius 2 is 2.00 bits per heavy atom. The summed E-state index contributed by atoms with van der Waals surface area (Å²) in [7, 11) is -1.10. The lowest BCUT2D eigenvalue weighted by atomic mass is 10.5. The summed E-state index contributed by atoms with van der Waals surface area (Å²) in [5, 5.41) is 0. The van der Waals surface area contributed by atoms with Gasteiger partial charge >= 0.3 is 7.82 Å². The second kappa shape index (κ2) is 5.69. The van der Waals surface area contributed by atoms with Crippen molar-refractivity contribution in [3.05, 3.63) is 0 Å². The summed E-state index contributed by atoms with van der Waals surface area (Å²) in [5.41, 5.74) is 0. The van der Waals surface area contributed by atoms with Crippen LogP contribution >= 0.6 is 7.82 Å². The SMILES string of the molecule is COCCCOP(=O)(O)OC. The van der Waals surface area contributed by atoms with Crippen molar-refractivity contribution in [3.63, 3.8) is 0 Å². The summed E-state index contributed by atoms with van der Waals surface area (Å²) in [5.74, 6) is 0. The lowest BCUT2D eigenvalue weighted by Crippen LogP contribution is -1.98. The topological polar surface area (TPSA) is 65.0 Å². The third-order valence-corrected chi connectivity index (χ3v) is 1.95. The number of ether oxygens (including phenoxy) is 1. The number of hydrogen-bond acceptors (Lipinski definition) is 4. The molecule has 0 bridgehead atoms. The second-order valence-corrected chi connectivity index (χ2v) is 3.39. The molecule has 0 radical (unpaired) electrons. The average Bonchev–Trinajstić information content (AvgIpc) is 1.99. The Morgan fingerprint density at radius 3 is 2.45 bits per heavy atom. The molecule has 0 aromatic heterocycles. The lowest BCUT2D eigenvalue weighted by Gasteiger charge is -2.07. The Balaban J connectivity index is 3.31. The minimum atomic E-state index is -3.77. The van der Waals surface area contributed by atoms with E-state index in [9.17, 15) is 4.57 Å². The molecule has 0 aromatic carbocycles. The van der Waals surface area contributed by atoms with Gasteiger partial charge < -0.3 is 9.63 Å². The summed E-state index contributed by atoms with van der Waals surface area (Å²) >= 11 is 0. The standard InChI is InChI=1S/C5H13O5P/c1-8-4-3-5-10-11(6,7)9-2/h3-5H2,1-2H3,(H,6,7). The molecule has 1 N–H and O–H groups in total. The van der Waals surface area contributed by atoms with Crippen molar-refractivity contribution in [2.24, 2.45) is 0 Å². The van der Waals surface area contributed by atoms with Gasteiger partial charge in [0.05, 0.1) is 6.61 Å². The Bertz CT molecular complexity index is 137. The maximum Gasteiger partial charge on any atom is 0.471 e. The smallest absolute Gasteiger partial charge is 0.385 e. The van der Waals surface area contributed by atoms with Crippen LogP contribution in [0.5, 0.6) is 0 Å². The van der Waals surface area contributed by atoms with Crippen LogP contribution in [0.3, 0.4) is 0 Å². The number of hydrogen-bond donors (Lipinski definition) is 1. The Morgan fingerprint density at radius 1 is 1.36 bits per heavy atom. The van der Waals surface area contributed by atoms with E-state index in [2.05, 4.69) is 9.05 Å². The van der Waals surface area contributed by atoms with Gasteiger partial charge in [-0.1, -0.05) is 0 Å². The molecule has 6 heteroatoms. The van der Waals surface area contributed by atoms with Gasteiger partial charge in [-0.3, -0.25) is 9.05 Å². The van der Waals surface area contributed by atoms with E-state index in [1.807, 2.05) is 0 Å². The van der Waals surface area contributed by atoms with Gasteiger partial charge in [-0.2, -0.15) is 0 Å². The molecule has 0 aliphatic heterocycles. The summed E-state index contributed by atoms with van der Waals surface area (Å²) in [6, 6.07) is 0. The molecule has 0 fully saturated rings. The molecule has 68 valence electrons. The molecular weight excluding hydrogens is 171 g/mol. The summed E-state index contributed by atoms with van der Waals surface area (Å²) < 4.78 is 24.0. The quantitative estimate of drug-likeness (QED) is 0.488. The summed E-state index contributed by atoms with van der Waals surface area (Å²) in [4.78, 5) is 8.69.